The van der Waals surface area contributed by atoms with Crippen LogP contribution in [-0.2, 0) is 12.8 Å². The highest BCUT2D eigenvalue weighted by atomic mass is 79.9. The van der Waals surface area contributed by atoms with E-state index >= 15 is 0 Å². The molecular formula is C17H19BrFN3. The molecule has 1 atom stereocenters. The van der Waals surface area contributed by atoms with E-state index < -0.39 is 5.95 Å². The summed E-state index contributed by atoms with van der Waals surface area (Å²) in [5.74, 6) is 0.133. The first-order chi connectivity index (χ1) is 10.7. The Bertz CT molecular complexity index is 648. The Morgan fingerprint density at radius 2 is 2.09 bits per heavy atom. The van der Waals surface area contributed by atoms with Crippen molar-refractivity contribution in [1.29, 1.82) is 0 Å². The zero-order valence-electron chi connectivity index (χ0n) is 12.3. The number of halogens is 2. The number of rotatable bonds is 5. The predicted octanol–water partition coefficient (Wildman–Crippen LogP) is 3.54. The lowest BCUT2D eigenvalue weighted by Gasteiger charge is -2.26. The number of fused-ring (bicyclic) bond motifs is 1. The summed E-state index contributed by atoms with van der Waals surface area (Å²) in [7, 11) is 0. The first-order valence-electron chi connectivity index (χ1n) is 7.58. The van der Waals surface area contributed by atoms with E-state index in [-0.39, 0.29) is 0 Å². The zero-order chi connectivity index (χ0) is 15.4. The van der Waals surface area contributed by atoms with Crippen LogP contribution in [0.15, 0.2) is 40.9 Å². The molecule has 0 radical (unpaired) electrons. The molecule has 0 bridgehead atoms. The number of benzene rings is 1. The summed E-state index contributed by atoms with van der Waals surface area (Å²) in [4.78, 5) is 3.79. The lowest BCUT2D eigenvalue weighted by Crippen LogP contribution is -2.37. The van der Waals surface area contributed by atoms with E-state index in [2.05, 4.69) is 49.7 Å². The normalized spacial score (nSPS) is 17.1. The Hall–Kier alpha value is -1.46. The Morgan fingerprint density at radius 3 is 2.95 bits per heavy atom. The van der Waals surface area contributed by atoms with E-state index in [1.807, 2.05) is 0 Å². The molecule has 0 aliphatic heterocycles. The molecule has 0 saturated heterocycles. The molecule has 3 nitrogen and oxygen atoms in total. The fourth-order valence-electron chi connectivity index (χ4n) is 2.87. The van der Waals surface area contributed by atoms with Crippen LogP contribution in [0.1, 0.15) is 17.5 Å². The third-order valence-electron chi connectivity index (χ3n) is 3.98. The van der Waals surface area contributed by atoms with Crippen LogP contribution in [0.4, 0.5) is 10.2 Å². The molecule has 0 saturated carbocycles. The van der Waals surface area contributed by atoms with Gasteiger partial charge in [0.05, 0.1) is 0 Å². The fourth-order valence-corrected chi connectivity index (χ4v) is 3.28. The highest BCUT2D eigenvalue weighted by Crippen LogP contribution is 2.24. The molecule has 0 spiro atoms. The van der Waals surface area contributed by atoms with Crippen LogP contribution in [0, 0.1) is 5.95 Å². The first-order valence-corrected chi connectivity index (χ1v) is 8.37. The van der Waals surface area contributed by atoms with Gasteiger partial charge in [0.2, 0.25) is 5.95 Å². The van der Waals surface area contributed by atoms with E-state index in [4.69, 9.17) is 0 Å². The number of pyridine rings is 1. The monoisotopic (exact) mass is 363 g/mol. The number of aryl methyl sites for hydroxylation is 1. The van der Waals surface area contributed by atoms with Gasteiger partial charge in [0, 0.05) is 23.6 Å². The van der Waals surface area contributed by atoms with Gasteiger partial charge in [-0.1, -0.05) is 28.1 Å². The van der Waals surface area contributed by atoms with Crippen molar-refractivity contribution < 1.29 is 4.39 Å². The van der Waals surface area contributed by atoms with Crippen molar-refractivity contribution in [1.82, 2.24) is 10.3 Å². The van der Waals surface area contributed by atoms with Crippen LogP contribution in [-0.4, -0.2) is 24.1 Å². The Morgan fingerprint density at radius 1 is 1.18 bits per heavy atom. The second kappa shape index (κ2) is 7.20. The highest BCUT2D eigenvalue weighted by Gasteiger charge is 2.17. The lowest BCUT2D eigenvalue weighted by atomic mass is 9.88. The number of aromatic nitrogens is 1. The van der Waals surface area contributed by atoms with E-state index in [0.29, 0.717) is 11.9 Å². The van der Waals surface area contributed by atoms with Crippen LogP contribution in [0.2, 0.25) is 0 Å². The number of hydrogen-bond donors (Lipinski definition) is 2. The van der Waals surface area contributed by atoms with E-state index in [1.54, 1.807) is 12.1 Å². The maximum atomic E-state index is 13.0. The topological polar surface area (TPSA) is 37.0 Å². The summed E-state index contributed by atoms with van der Waals surface area (Å²) in [6, 6.07) is 11.8. The van der Waals surface area contributed by atoms with Crippen molar-refractivity contribution in [2.24, 2.45) is 0 Å². The Kier molecular flexibility index (Phi) is 5.05. The van der Waals surface area contributed by atoms with E-state index in [9.17, 15) is 4.39 Å². The Balaban J connectivity index is 1.44. The van der Waals surface area contributed by atoms with Gasteiger partial charge in [0.25, 0.3) is 0 Å². The molecule has 22 heavy (non-hydrogen) atoms. The predicted molar refractivity (Wildman–Crippen MR) is 90.6 cm³/mol. The highest BCUT2D eigenvalue weighted by molar-refractivity contribution is 9.10. The molecule has 1 heterocycles. The van der Waals surface area contributed by atoms with Gasteiger partial charge in [-0.2, -0.15) is 4.39 Å². The van der Waals surface area contributed by atoms with Crippen molar-refractivity contribution >= 4 is 21.7 Å². The van der Waals surface area contributed by atoms with Crippen LogP contribution >= 0.6 is 15.9 Å². The molecule has 1 aromatic heterocycles. The largest absolute Gasteiger partial charge is 0.369 e. The van der Waals surface area contributed by atoms with Gasteiger partial charge < -0.3 is 10.6 Å². The minimum Gasteiger partial charge on any atom is -0.369 e. The average Bonchev–Trinajstić information content (AvgIpc) is 2.52. The van der Waals surface area contributed by atoms with Crippen LogP contribution in [0.3, 0.4) is 0 Å². The second-order valence-corrected chi connectivity index (χ2v) is 6.49. The van der Waals surface area contributed by atoms with Gasteiger partial charge in [-0.15, -0.1) is 0 Å². The zero-order valence-corrected chi connectivity index (χ0v) is 13.9. The Labute approximate surface area is 138 Å². The maximum Gasteiger partial charge on any atom is 0.214 e. The van der Waals surface area contributed by atoms with Crippen molar-refractivity contribution in [3.8, 4) is 0 Å². The van der Waals surface area contributed by atoms with Crippen molar-refractivity contribution in [3.05, 3.63) is 57.9 Å². The van der Waals surface area contributed by atoms with Gasteiger partial charge >= 0.3 is 0 Å². The third kappa shape index (κ3) is 4.05. The summed E-state index contributed by atoms with van der Waals surface area (Å²) in [5, 5.41) is 6.70. The number of hydrogen-bond acceptors (Lipinski definition) is 3. The summed E-state index contributed by atoms with van der Waals surface area (Å²) in [6.07, 6.45) is 3.34. The summed E-state index contributed by atoms with van der Waals surface area (Å²) in [5.41, 5.74) is 2.89. The van der Waals surface area contributed by atoms with Gasteiger partial charge in [-0.3, -0.25) is 0 Å². The minimum atomic E-state index is -0.451. The molecular weight excluding hydrogens is 345 g/mol. The van der Waals surface area contributed by atoms with Crippen molar-refractivity contribution in [2.75, 3.05) is 18.4 Å². The maximum absolute atomic E-state index is 13.0. The standard InChI is InChI=1S/C17H19BrFN3/c18-14-6-4-13-11-15(7-5-12(13)10-14)20-8-9-21-17-3-1-2-16(19)22-17/h1-4,6,10,15,20H,5,7-9,11H2,(H,21,22). The molecule has 1 aliphatic rings. The molecule has 1 unspecified atom stereocenters. The van der Waals surface area contributed by atoms with E-state index in [1.165, 1.54) is 17.2 Å². The van der Waals surface area contributed by atoms with Crippen molar-refractivity contribution in [2.45, 2.75) is 25.3 Å². The average molecular weight is 364 g/mol. The van der Waals surface area contributed by atoms with Gasteiger partial charge in [-0.25, -0.2) is 4.98 Å². The molecule has 1 aliphatic carbocycles. The molecule has 2 N–H and O–H groups in total. The van der Waals surface area contributed by atoms with E-state index in [0.717, 1.165) is 36.8 Å². The van der Waals surface area contributed by atoms with Crippen LogP contribution < -0.4 is 10.6 Å². The second-order valence-electron chi connectivity index (χ2n) is 5.58. The third-order valence-corrected chi connectivity index (χ3v) is 4.47. The van der Waals surface area contributed by atoms with Crippen LogP contribution in [0.25, 0.3) is 0 Å². The van der Waals surface area contributed by atoms with Gasteiger partial charge in [-0.05, 0) is 54.7 Å². The van der Waals surface area contributed by atoms with Crippen LogP contribution in [0.5, 0.6) is 0 Å². The minimum absolute atomic E-state index is 0.451. The quantitative estimate of drug-likeness (QED) is 0.630. The summed E-state index contributed by atoms with van der Waals surface area (Å²) in [6.45, 7) is 1.58. The SMILES string of the molecule is Fc1cccc(NCCNC2CCc3cc(Br)ccc3C2)n1. The smallest absolute Gasteiger partial charge is 0.214 e. The summed E-state index contributed by atoms with van der Waals surface area (Å²) >= 11 is 3.53. The molecule has 0 fully saturated rings. The molecule has 116 valence electrons. The molecule has 2 aromatic rings. The van der Waals surface area contributed by atoms with Crippen molar-refractivity contribution in [3.63, 3.8) is 0 Å². The first kappa shape index (κ1) is 15.4. The summed E-state index contributed by atoms with van der Waals surface area (Å²) < 4.78 is 14.1. The molecule has 0 amide bonds. The lowest BCUT2D eigenvalue weighted by molar-refractivity contribution is 0.466. The van der Waals surface area contributed by atoms with Gasteiger partial charge in [0.1, 0.15) is 5.82 Å². The molecule has 3 rings (SSSR count). The molecule has 1 aromatic carbocycles. The number of nitrogens with one attached hydrogen (secondary N) is 2. The van der Waals surface area contributed by atoms with Gasteiger partial charge in [0.15, 0.2) is 0 Å². The number of anilines is 1. The fraction of sp³-hybridized carbons (Fsp3) is 0.353. The number of nitrogens with zero attached hydrogens (tertiary/aromatic N) is 1. The molecule has 5 heteroatoms.